The minimum Gasteiger partial charge on any atom is -0.322 e. The van der Waals surface area contributed by atoms with Gasteiger partial charge in [0.05, 0.1) is 11.7 Å². The highest BCUT2D eigenvalue weighted by Crippen LogP contribution is 2.46. The van der Waals surface area contributed by atoms with E-state index in [0.29, 0.717) is 30.0 Å². The van der Waals surface area contributed by atoms with Crippen LogP contribution in [0.25, 0.3) is 0 Å². The fourth-order valence-electron chi connectivity index (χ4n) is 4.24. The standard InChI is InChI=1S/C16H28N2O/c1-4-13(11(2)3)18-14(12-7-5-6-8-12)17-16(9-10-16)15(18)19/h11-14,17H,4-10H2,1-3H3. The summed E-state index contributed by atoms with van der Waals surface area (Å²) in [7, 11) is 0. The first-order chi connectivity index (χ1) is 9.09. The van der Waals surface area contributed by atoms with Crippen LogP contribution in [-0.2, 0) is 4.79 Å². The number of amides is 1. The number of hydrogen-bond donors (Lipinski definition) is 1. The molecule has 1 heterocycles. The second-order valence-corrected chi connectivity index (χ2v) is 7.15. The number of rotatable bonds is 4. The molecule has 0 aromatic rings. The lowest BCUT2D eigenvalue weighted by Gasteiger charge is -2.37. The Hall–Kier alpha value is -0.570. The molecule has 2 saturated carbocycles. The van der Waals surface area contributed by atoms with Crippen LogP contribution in [0.2, 0.25) is 0 Å². The lowest BCUT2D eigenvalue weighted by atomic mass is 9.96. The van der Waals surface area contributed by atoms with Crippen LogP contribution in [0.15, 0.2) is 0 Å². The van der Waals surface area contributed by atoms with E-state index in [9.17, 15) is 4.79 Å². The van der Waals surface area contributed by atoms with Crippen molar-refractivity contribution in [3.8, 4) is 0 Å². The van der Waals surface area contributed by atoms with Crippen LogP contribution < -0.4 is 5.32 Å². The van der Waals surface area contributed by atoms with Gasteiger partial charge >= 0.3 is 0 Å². The molecule has 2 unspecified atom stereocenters. The molecular weight excluding hydrogens is 236 g/mol. The molecular formula is C16H28N2O. The number of nitrogens with one attached hydrogen (secondary N) is 1. The summed E-state index contributed by atoms with van der Waals surface area (Å²) >= 11 is 0. The van der Waals surface area contributed by atoms with E-state index in [2.05, 4.69) is 31.0 Å². The lowest BCUT2D eigenvalue weighted by molar-refractivity contribution is -0.134. The van der Waals surface area contributed by atoms with Gasteiger partial charge in [-0.3, -0.25) is 10.1 Å². The molecule has 2 atom stereocenters. The third kappa shape index (κ3) is 2.10. The van der Waals surface area contributed by atoms with Crippen LogP contribution in [0.4, 0.5) is 0 Å². The predicted molar refractivity (Wildman–Crippen MR) is 76.6 cm³/mol. The zero-order chi connectivity index (χ0) is 13.6. The van der Waals surface area contributed by atoms with E-state index >= 15 is 0 Å². The first-order valence-electron chi connectivity index (χ1n) is 8.19. The Labute approximate surface area is 117 Å². The Morgan fingerprint density at radius 3 is 2.42 bits per heavy atom. The summed E-state index contributed by atoms with van der Waals surface area (Å²) in [4.78, 5) is 15.1. The Kier molecular flexibility index (Phi) is 3.36. The smallest absolute Gasteiger partial charge is 0.244 e. The van der Waals surface area contributed by atoms with Gasteiger partial charge in [-0.15, -0.1) is 0 Å². The molecule has 1 aliphatic heterocycles. The van der Waals surface area contributed by atoms with Crippen molar-refractivity contribution in [2.45, 2.75) is 83.5 Å². The van der Waals surface area contributed by atoms with Gasteiger partial charge in [0, 0.05) is 6.04 Å². The van der Waals surface area contributed by atoms with Crippen LogP contribution >= 0.6 is 0 Å². The zero-order valence-corrected chi connectivity index (χ0v) is 12.6. The maximum Gasteiger partial charge on any atom is 0.244 e. The van der Waals surface area contributed by atoms with E-state index in [4.69, 9.17) is 0 Å². The summed E-state index contributed by atoms with van der Waals surface area (Å²) < 4.78 is 0. The van der Waals surface area contributed by atoms with Gasteiger partial charge in [0.2, 0.25) is 5.91 Å². The minimum absolute atomic E-state index is 0.143. The number of hydrogen-bond acceptors (Lipinski definition) is 2. The van der Waals surface area contributed by atoms with Gasteiger partial charge in [-0.05, 0) is 43.9 Å². The summed E-state index contributed by atoms with van der Waals surface area (Å²) in [6.07, 6.45) is 8.79. The molecule has 0 aromatic carbocycles. The first-order valence-corrected chi connectivity index (χ1v) is 8.19. The highest BCUT2D eigenvalue weighted by Gasteiger charge is 2.61. The van der Waals surface area contributed by atoms with Gasteiger partial charge in [-0.2, -0.15) is 0 Å². The molecule has 0 radical (unpaired) electrons. The molecule has 1 saturated heterocycles. The highest BCUT2D eigenvalue weighted by molar-refractivity contribution is 5.92. The van der Waals surface area contributed by atoms with Gasteiger partial charge in [-0.25, -0.2) is 0 Å². The van der Waals surface area contributed by atoms with Crippen molar-refractivity contribution in [1.29, 1.82) is 0 Å². The normalized spacial score (nSPS) is 31.7. The molecule has 3 heteroatoms. The van der Waals surface area contributed by atoms with Crippen molar-refractivity contribution >= 4 is 5.91 Å². The summed E-state index contributed by atoms with van der Waals surface area (Å²) in [6, 6.07) is 0.408. The molecule has 1 amide bonds. The maximum absolute atomic E-state index is 12.8. The Morgan fingerprint density at radius 2 is 1.95 bits per heavy atom. The Balaban J connectivity index is 1.85. The molecule has 19 heavy (non-hydrogen) atoms. The predicted octanol–water partition coefficient (Wildman–Crippen LogP) is 2.90. The van der Waals surface area contributed by atoms with E-state index in [1.54, 1.807) is 0 Å². The third-order valence-corrected chi connectivity index (χ3v) is 5.51. The quantitative estimate of drug-likeness (QED) is 0.847. The second-order valence-electron chi connectivity index (χ2n) is 7.15. The molecule has 1 spiro atoms. The highest BCUT2D eigenvalue weighted by atomic mass is 16.2. The number of carbonyl (C=O) groups is 1. The molecule has 3 fully saturated rings. The zero-order valence-electron chi connectivity index (χ0n) is 12.6. The van der Waals surface area contributed by atoms with Crippen molar-refractivity contribution in [3.63, 3.8) is 0 Å². The van der Waals surface area contributed by atoms with E-state index in [0.717, 1.165) is 19.3 Å². The van der Waals surface area contributed by atoms with Crippen LogP contribution in [0, 0.1) is 11.8 Å². The van der Waals surface area contributed by atoms with E-state index in [-0.39, 0.29) is 5.54 Å². The monoisotopic (exact) mass is 264 g/mol. The fraction of sp³-hybridized carbons (Fsp3) is 0.938. The van der Waals surface area contributed by atoms with Gasteiger partial charge in [0.25, 0.3) is 0 Å². The largest absolute Gasteiger partial charge is 0.322 e. The second kappa shape index (κ2) is 4.76. The van der Waals surface area contributed by atoms with Crippen molar-refractivity contribution in [2.75, 3.05) is 0 Å². The number of carbonyl (C=O) groups excluding carboxylic acids is 1. The molecule has 108 valence electrons. The molecule has 3 nitrogen and oxygen atoms in total. The molecule has 0 bridgehead atoms. The van der Waals surface area contributed by atoms with Gasteiger partial charge in [-0.1, -0.05) is 33.6 Å². The third-order valence-electron chi connectivity index (χ3n) is 5.51. The summed E-state index contributed by atoms with van der Waals surface area (Å²) in [5, 5.41) is 3.73. The Morgan fingerprint density at radius 1 is 1.32 bits per heavy atom. The minimum atomic E-state index is -0.143. The summed E-state index contributed by atoms with van der Waals surface area (Å²) in [5.74, 6) is 1.65. The Bertz CT molecular complexity index is 356. The van der Waals surface area contributed by atoms with Crippen molar-refractivity contribution in [3.05, 3.63) is 0 Å². The van der Waals surface area contributed by atoms with Crippen molar-refractivity contribution in [1.82, 2.24) is 10.2 Å². The average Bonchev–Trinajstić information content (AvgIpc) is 2.84. The summed E-state index contributed by atoms with van der Waals surface area (Å²) in [6.45, 7) is 6.73. The molecule has 1 N–H and O–H groups in total. The fourth-order valence-corrected chi connectivity index (χ4v) is 4.24. The molecule has 2 aliphatic carbocycles. The first kappa shape index (κ1) is 13.4. The van der Waals surface area contributed by atoms with Crippen molar-refractivity contribution < 1.29 is 4.79 Å². The van der Waals surface area contributed by atoms with Crippen LogP contribution in [0.1, 0.15) is 65.7 Å². The van der Waals surface area contributed by atoms with Gasteiger partial charge in [0.1, 0.15) is 0 Å². The van der Waals surface area contributed by atoms with Crippen molar-refractivity contribution in [2.24, 2.45) is 11.8 Å². The molecule has 3 aliphatic rings. The topological polar surface area (TPSA) is 32.3 Å². The van der Waals surface area contributed by atoms with Crippen LogP contribution in [-0.4, -0.2) is 28.6 Å². The average molecular weight is 264 g/mol. The van der Waals surface area contributed by atoms with E-state index in [1.807, 2.05) is 0 Å². The lowest BCUT2D eigenvalue weighted by Crippen LogP contribution is -2.49. The SMILES string of the molecule is CCC(C(C)C)N1C(=O)C2(CC2)NC1C1CCCC1. The number of nitrogens with zero attached hydrogens (tertiary/aromatic N) is 1. The van der Waals surface area contributed by atoms with E-state index in [1.165, 1.54) is 25.7 Å². The van der Waals surface area contributed by atoms with Crippen LogP contribution in [0.5, 0.6) is 0 Å². The molecule has 3 rings (SSSR count). The molecule has 0 aromatic heterocycles. The van der Waals surface area contributed by atoms with Gasteiger partial charge in [0.15, 0.2) is 0 Å². The van der Waals surface area contributed by atoms with E-state index < -0.39 is 0 Å². The summed E-state index contributed by atoms with van der Waals surface area (Å²) in [5.41, 5.74) is -0.143. The van der Waals surface area contributed by atoms with Gasteiger partial charge < -0.3 is 4.90 Å². The van der Waals surface area contributed by atoms with Crippen LogP contribution in [0.3, 0.4) is 0 Å². The maximum atomic E-state index is 12.8.